The summed E-state index contributed by atoms with van der Waals surface area (Å²) >= 11 is 0. The average Bonchev–Trinajstić information content (AvgIpc) is 2.89. The van der Waals surface area contributed by atoms with Crippen molar-refractivity contribution in [3.8, 4) is 0 Å². The summed E-state index contributed by atoms with van der Waals surface area (Å²) in [5, 5.41) is 10.5. The van der Waals surface area contributed by atoms with Crippen LogP contribution in [0.5, 0.6) is 0 Å². The van der Waals surface area contributed by atoms with Crippen molar-refractivity contribution < 1.29 is 8.42 Å². The van der Waals surface area contributed by atoms with Crippen LogP contribution >= 0.6 is 0 Å². The number of rotatable bonds is 7. The van der Waals surface area contributed by atoms with Gasteiger partial charge < -0.3 is 10.6 Å². The molecule has 1 aromatic carbocycles. The van der Waals surface area contributed by atoms with Gasteiger partial charge in [-0.15, -0.1) is 0 Å². The molecule has 0 aliphatic heterocycles. The normalized spacial score (nSPS) is 11.3. The summed E-state index contributed by atoms with van der Waals surface area (Å²) in [7, 11) is -2.01. The van der Waals surface area contributed by atoms with Crippen molar-refractivity contribution in [1.82, 2.24) is 19.7 Å². The van der Waals surface area contributed by atoms with Crippen LogP contribution in [0.4, 0.5) is 23.1 Å². The topological polar surface area (TPSA) is 114 Å². The molecule has 0 fully saturated rings. The van der Waals surface area contributed by atoms with E-state index in [1.54, 1.807) is 49.8 Å². The number of benzene rings is 1. The van der Waals surface area contributed by atoms with Gasteiger partial charge in [0.05, 0.1) is 11.4 Å². The fourth-order valence-corrected chi connectivity index (χ4v) is 4.49. The van der Waals surface area contributed by atoms with Crippen LogP contribution in [-0.4, -0.2) is 34.7 Å². The molecule has 9 nitrogen and oxygen atoms in total. The summed E-state index contributed by atoms with van der Waals surface area (Å²) in [4.78, 5) is 8.93. The van der Waals surface area contributed by atoms with E-state index in [9.17, 15) is 8.42 Å². The first kappa shape index (κ1) is 20.6. The molecule has 154 valence electrons. The lowest BCUT2D eigenvalue weighted by atomic mass is 10.3. The molecule has 3 aromatic rings. The second kappa shape index (κ2) is 8.08. The summed E-state index contributed by atoms with van der Waals surface area (Å²) < 4.78 is 29.7. The molecule has 3 N–H and O–H groups in total. The number of nitrogens with zero attached hydrogens (tertiary/aromatic N) is 4. The maximum atomic E-state index is 12.8. The zero-order chi connectivity index (χ0) is 21.2. The molecule has 0 radical (unpaired) electrons. The van der Waals surface area contributed by atoms with E-state index in [-0.39, 0.29) is 4.90 Å². The lowest BCUT2D eigenvalue weighted by molar-refractivity contribution is 0.599. The Labute approximate surface area is 170 Å². The monoisotopic (exact) mass is 415 g/mol. The van der Waals surface area contributed by atoms with Crippen molar-refractivity contribution in [2.75, 3.05) is 21.9 Å². The minimum Gasteiger partial charge on any atom is -0.354 e. The van der Waals surface area contributed by atoms with Crippen LogP contribution in [0, 0.1) is 20.8 Å². The van der Waals surface area contributed by atoms with Gasteiger partial charge >= 0.3 is 0 Å². The van der Waals surface area contributed by atoms with E-state index in [2.05, 4.69) is 30.4 Å². The Morgan fingerprint density at radius 2 is 1.69 bits per heavy atom. The van der Waals surface area contributed by atoms with E-state index < -0.39 is 10.0 Å². The van der Waals surface area contributed by atoms with Crippen LogP contribution in [0.25, 0.3) is 0 Å². The molecule has 2 heterocycles. The molecule has 0 saturated heterocycles. The first-order valence-corrected chi connectivity index (χ1v) is 10.7. The standard InChI is InChI=1S/C19H25N7O2S/c1-6-20-19-21-12(2)11-17(23-19)22-15-7-9-16(10-8-15)25-29(27,28)18-13(3)24-26(5)14(18)4/h7-11,25H,6H2,1-5H3,(H2,20,21,22,23). The van der Waals surface area contributed by atoms with Gasteiger partial charge in [0, 0.05) is 36.7 Å². The number of hydrogen-bond acceptors (Lipinski definition) is 7. The molecule has 3 rings (SSSR count). The maximum Gasteiger partial charge on any atom is 0.265 e. The van der Waals surface area contributed by atoms with E-state index in [0.717, 1.165) is 17.9 Å². The van der Waals surface area contributed by atoms with Crippen LogP contribution in [0.3, 0.4) is 0 Å². The van der Waals surface area contributed by atoms with Crippen LogP contribution in [0.2, 0.25) is 0 Å². The lowest BCUT2D eigenvalue weighted by Crippen LogP contribution is -2.14. The summed E-state index contributed by atoms with van der Waals surface area (Å²) in [6, 6.07) is 8.79. The Bertz CT molecular complexity index is 1120. The largest absolute Gasteiger partial charge is 0.354 e. The zero-order valence-corrected chi connectivity index (χ0v) is 17.9. The first-order chi connectivity index (χ1) is 13.7. The van der Waals surface area contributed by atoms with Crippen LogP contribution in [-0.2, 0) is 17.1 Å². The molecular weight excluding hydrogens is 390 g/mol. The molecule has 0 spiro atoms. The van der Waals surface area contributed by atoms with Crippen LogP contribution in [0.15, 0.2) is 35.2 Å². The van der Waals surface area contributed by atoms with Gasteiger partial charge in [0.15, 0.2) is 0 Å². The predicted octanol–water partition coefficient (Wildman–Crippen LogP) is 3.11. The fraction of sp³-hybridized carbons (Fsp3) is 0.316. The van der Waals surface area contributed by atoms with E-state index >= 15 is 0 Å². The molecule has 0 bridgehead atoms. The number of aryl methyl sites for hydroxylation is 3. The van der Waals surface area contributed by atoms with Gasteiger partial charge in [-0.05, 0) is 52.0 Å². The third kappa shape index (κ3) is 4.65. The molecule has 29 heavy (non-hydrogen) atoms. The smallest absolute Gasteiger partial charge is 0.265 e. The number of anilines is 4. The Morgan fingerprint density at radius 1 is 1.03 bits per heavy atom. The maximum absolute atomic E-state index is 12.8. The lowest BCUT2D eigenvalue weighted by Gasteiger charge is -2.11. The highest BCUT2D eigenvalue weighted by Gasteiger charge is 2.23. The van der Waals surface area contributed by atoms with E-state index in [1.807, 2.05) is 19.9 Å². The molecule has 0 aliphatic carbocycles. The molecule has 0 atom stereocenters. The van der Waals surface area contributed by atoms with Crippen molar-refractivity contribution in [1.29, 1.82) is 0 Å². The molecular formula is C19H25N7O2S. The molecule has 0 saturated carbocycles. The molecule has 0 aliphatic rings. The highest BCUT2D eigenvalue weighted by Crippen LogP contribution is 2.24. The van der Waals surface area contributed by atoms with E-state index in [4.69, 9.17) is 0 Å². The molecule has 0 unspecified atom stereocenters. The highest BCUT2D eigenvalue weighted by atomic mass is 32.2. The van der Waals surface area contributed by atoms with Gasteiger partial charge in [-0.25, -0.2) is 13.4 Å². The van der Waals surface area contributed by atoms with Crippen molar-refractivity contribution in [2.45, 2.75) is 32.6 Å². The van der Waals surface area contributed by atoms with E-state index in [1.165, 1.54) is 0 Å². The number of hydrogen-bond donors (Lipinski definition) is 3. The van der Waals surface area contributed by atoms with Gasteiger partial charge in [-0.2, -0.15) is 10.1 Å². The third-order valence-corrected chi connectivity index (χ3v) is 5.94. The first-order valence-electron chi connectivity index (χ1n) is 9.19. The van der Waals surface area contributed by atoms with Gasteiger partial charge in [-0.3, -0.25) is 9.40 Å². The summed E-state index contributed by atoms with van der Waals surface area (Å²) in [6.07, 6.45) is 0. The van der Waals surface area contributed by atoms with Gasteiger partial charge in [-0.1, -0.05) is 0 Å². The van der Waals surface area contributed by atoms with Crippen LogP contribution in [0.1, 0.15) is 24.0 Å². The Balaban J connectivity index is 1.77. The summed E-state index contributed by atoms with van der Waals surface area (Å²) in [5.74, 6) is 1.21. The Hall–Kier alpha value is -3.14. The molecule has 2 aromatic heterocycles. The number of aromatic nitrogens is 4. The third-order valence-electron chi connectivity index (χ3n) is 4.31. The number of sulfonamides is 1. The van der Waals surface area contributed by atoms with Crippen molar-refractivity contribution >= 4 is 33.2 Å². The summed E-state index contributed by atoms with van der Waals surface area (Å²) in [6.45, 7) is 8.02. The minimum absolute atomic E-state index is 0.203. The molecule has 0 amide bonds. The Kier molecular flexibility index (Phi) is 5.73. The summed E-state index contributed by atoms with van der Waals surface area (Å²) in [5.41, 5.74) is 3.13. The van der Waals surface area contributed by atoms with Gasteiger partial charge in [0.1, 0.15) is 10.7 Å². The fourth-order valence-electron chi connectivity index (χ4n) is 2.99. The van der Waals surface area contributed by atoms with E-state index in [0.29, 0.717) is 28.8 Å². The highest BCUT2D eigenvalue weighted by molar-refractivity contribution is 7.92. The van der Waals surface area contributed by atoms with Gasteiger partial charge in [0.2, 0.25) is 5.95 Å². The average molecular weight is 416 g/mol. The SMILES string of the molecule is CCNc1nc(C)cc(Nc2ccc(NS(=O)(=O)c3c(C)nn(C)c3C)cc2)n1. The molecule has 10 heteroatoms. The second-order valence-electron chi connectivity index (χ2n) is 6.68. The van der Waals surface area contributed by atoms with Crippen molar-refractivity contribution in [2.24, 2.45) is 7.05 Å². The predicted molar refractivity (Wildman–Crippen MR) is 114 cm³/mol. The minimum atomic E-state index is -3.73. The second-order valence-corrected chi connectivity index (χ2v) is 8.30. The Morgan fingerprint density at radius 3 is 2.28 bits per heavy atom. The van der Waals surface area contributed by atoms with Crippen molar-refractivity contribution in [3.63, 3.8) is 0 Å². The zero-order valence-electron chi connectivity index (χ0n) is 17.1. The van der Waals surface area contributed by atoms with Crippen LogP contribution < -0.4 is 15.4 Å². The number of nitrogens with one attached hydrogen (secondary N) is 3. The van der Waals surface area contributed by atoms with Gasteiger partial charge in [0.25, 0.3) is 10.0 Å². The quantitative estimate of drug-likeness (QED) is 0.543. The van der Waals surface area contributed by atoms with Crippen molar-refractivity contribution in [3.05, 3.63) is 47.4 Å².